The van der Waals surface area contributed by atoms with Gasteiger partial charge in [-0.2, -0.15) is 0 Å². The van der Waals surface area contributed by atoms with Crippen LogP contribution in [-0.2, 0) is 9.53 Å². The maximum Gasteiger partial charge on any atom is 0.320 e. The minimum atomic E-state index is -0.790. The number of nitrogens with two attached hydrogens (primary N) is 1. The van der Waals surface area contributed by atoms with Gasteiger partial charge in [-0.15, -0.1) is 0 Å². The zero-order chi connectivity index (χ0) is 11.4. The normalized spacial score (nSPS) is 30.1. The molecule has 1 aliphatic heterocycles. The number of hydrogen-bond donors (Lipinski definition) is 2. The summed E-state index contributed by atoms with van der Waals surface area (Å²) in [6, 6.07) is -0.469. The first-order chi connectivity index (χ1) is 7.04. The van der Waals surface area contributed by atoms with Gasteiger partial charge in [0, 0.05) is 13.1 Å². The summed E-state index contributed by atoms with van der Waals surface area (Å²) in [5.74, 6) is -0.790. The lowest BCUT2D eigenvalue weighted by Gasteiger charge is -2.38. The van der Waals surface area contributed by atoms with Crippen LogP contribution in [0.25, 0.3) is 0 Å². The lowest BCUT2D eigenvalue weighted by atomic mass is 10.1. The number of rotatable bonds is 4. The van der Waals surface area contributed by atoms with Gasteiger partial charge in [-0.05, 0) is 26.8 Å². The van der Waals surface area contributed by atoms with Gasteiger partial charge in [-0.25, -0.2) is 0 Å². The number of carboxylic acid groups (broad SMARTS) is 1. The Morgan fingerprint density at radius 2 is 2.07 bits per heavy atom. The summed E-state index contributed by atoms with van der Waals surface area (Å²) in [7, 11) is 0. The molecule has 5 heteroatoms. The fourth-order valence-corrected chi connectivity index (χ4v) is 2.09. The van der Waals surface area contributed by atoms with Crippen molar-refractivity contribution in [1.82, 2.24) is 4.90 Å². The molecule has 0 radical (unpaired) electrons. The monoisotopic (exact) mass is 216 g/mol. The molecule has 1 rings (SSSR count). The van der Waals surface area contributed by atoms with Crippen LogP contribution < -0.4 is 5.73 Å². The molecule has 0 aromatic heterocycles. The molecular formula is C10H20N2O3. The molecule has 0 spiro atoms. The summed E-state index contributed by atoms with van der Waals surface area (Å²) in [5, 5.41) is 9.09. The number of hydrogen-bond acceptors (Lipinski definition) is 4. The molecule has 3 unspecified atom stereocenters. The quantitative estimate of drug-likeness (QED) is 0.686. The molecule has 0 aliphatic carbocycles. The van der Waals surface area contributed by atoms with Crippen LogP contribution in [0.4, 0.5) is 0 Å². The predicted molar refractivity (Wildman–Crippen MR) is 56.7 cm³/mol. The molecule has 3 N–H and O–H groups in total. The van der Waals surface area contributed by atoms with E-state index in [0.717, 1.165) is 0 Å². The second-order valence-electron chi connectivity index (χ2n) is 4.14. The van der Waals surface area contributed by atoms with Gasteiger partial charge in [-0.1, -0.05) is 0 Å². The predicted octanol–water partition coefficient (Wildman–Crippen LogP) is -0.102. The highest BCUT2D eigenvalue weighted by Gasteiger charge is 2.31. The van der Waals surface area contributed by atoms with Crippen LogP contribution in [-0.4, -0.2) is 53.9 Å². The lowest BCUT2D eigenvalue weighted by Crippen LogP contribution is -2.53. The number of aliphatic carboxylic acids is 1. The second-order valence-corrected chi connectivity index (χ2v) is 4.14. The molecule has 1 heterocycles. The average molecular weight is 216 g/mol. The molecule has 0 bridgehead atoms. The number of nitrogens with zero attached hydrogens (tertiary/aromatic N) is 1. The van der Waals surface area contributed by atoms with E-state index in [4.69, 9.17) is 15.6 Å². The van der Waals surface area contributed by atoms with E-state index in [2.05, 4.69) is 0 Å². The summed E-state index contributed by atoms with van der Waals surface area (Å²) in [4.78, 5) is 13.0. The Bertz CT molecular complexity index is 213. The van der Waals surface area contributed by atoms with Crippen LogP contribution in [0.15, 0.2) is 0 Å². The molecule has 3 atom stereocenters. The van der Waals surface area contributed by atoms with Crippen LogP contribution in [0.3, 0.4) is 0 Å². The molecule has 15 heavy (non-hydrogen) atoms. The third-order valence-electron chi connectivity index (χ3n) is 2.61. The van der Waals surface area contributed by atoms with Crippen LogP contribution in [0, 0.1) is 0 Å². The summed E-state index contributed by atoms with van der Waals surface area (Å²) in [6.07, 6.45) is 0.677. The highest BCUT2D eigenvalue weighted by Crippen LogP contribution is 2.15. The summed E-state index contributed by atoms with van der Waals surface area (Å²) < 4.78 is 5.56. The number of carbonyl (C=O) groups is 1. The summed E-state index contributed by atoms with van der Waals surface area (Å²) >= 11 is 0. The zero-order valence-corrected chi connectivity index (χ0v) is 9.35. The van der Waals surface area contributed by atoms with Crippen LogP contribution in [0.5, 0.6) is 0 Å². The van der Waals surface area contributed by atoms with E-state index >= 15 is 0 Å². The van der Waals surface area contributed by atoms with Crippen molar-refractivity contribution in [3.63, 3.8) is 0 Å². The smallest absolute Gasteiger partial charge is 0.320 e. The molecule has 1 saturated heterocycles. The number of ether oxygens (including phenoxy) is 1. The Hall–Kier alpha value is -0.650. The Kier molecular flexibility index (Phi) is 4.50. The van der Waals surface area contributed by atoms with Crippen LogP contribution in [0.1, 0.15) is 20.3 Å². The Labute approximate surface area is 90.2 Å². The van der Waals surface area contributed by atoms with E-state index in [1.807, 2.05) is 18.7 Å². The lowest BCUT2D eigenvalue weighted by molar-refractivity contribution is -0.149. The minimum absolute atomic E-state index is 0.0911. The number of morpholine rings is 1. The highest BCUT2D eigenvalue weighted by molar-refractivity contribution is 5.73. The SMILES string of the molecule is CC1CN(C(CCN)C(=O)O)CC(C)O1. The molecule has 5 nitrogen and oxygen atoms in total. The van der Waals surface area contributed by atoms with E-state index in [-0.39, 0.29) is 12.2 Å². The van der Waals surface area contributed by atoms with Crippen molar-refractivity contribution < 1.29 is 14.6 Å². The van der Waals surface area contributed by atoms with Crippen LogP contribution >= 0.6 is 0 Å². The molecule has 1 fully saturated rings. The van der Waals surface area contributed by atoms with Crippen molar-refractivity contribution in [1.29, 1.82) is 0 Å². The molecule has 0 saturated carbocycles. The fourth-order valence-electron chi connectivity index (χ4n) is 2.09. The Morgan fingerprint density at radius 3 is 2.47 bits per heavy atom. The average Bonchev–Trinajstić information content (AvgIpc) is 2.11. The number of carboxylic acids is 1. The van der Waals surface area contributed by atoms with Gasteiger partial charge >= 0.3 is 5.97 Å². The summed E-state index contributed by atoms with van der Waals surface area (Å²) in [6.45, 7) is 5.66. The second kappa shape index (κ2) is 5.44. The first-order valence-electron chi connectivity index (χ1n) is 5.37. The first-order valence-corrected chi connectivity index (χ1v) is 5.37. The van der Waals surface area contributed by atoms with E-state index < -0.39 is 12.0 Å². The fraction of sp³-hybridized carbons (Fsp3) is 0.900. The minimum Gasteiger partial charge on any atom is -0.480 e. The maximum absolute atomic E-state index is 11.1. The van der Waals surface area contributed by atoms with Crippen molar-refractivity contribution in [2.75, 3.05) is 19.6 Å². The zero-order valence-electron chi connectivity index (χ0n) is 9.35. The molecule has 0 amide bonds. The largest absolute Gasteiger partial charge is 0.480 e. The van der Waals surface area contributed by atoms with Crippen molar-refractivity contribution in [2.24, 2.45) is 5.73 Å². The van der Waals surface area contributed by atoms with E-state index in [1.54, 1.807) is 0 Å². The first kappa shape index (κ1) is 12.4. The van der Waals surface area contributed by atoms with Gasteiger partial charge in [0.25, 0.3) is 0 Å². The van der Waals surface area contributed by atoms with Crippen LogP contribution in [0.2, 0.25) is 0 Å². The molecular weight excluding hydrogens is 196 g/mol. The third-order valence-corrected chi connectivity index (χ3v) is 2.61. The topological polar surface area (TPSA) is 75.8 Å². The standard InChI is InChI=1S/C10H20N2O3/c1-7-5-12(6-8(2)15-7)9(3-4-11)10(13)14/h7-9H,3-6,11H2,1-2H3,(H,13,14). The van der Waals surface area contributed by atoms with Gasteiger partial charge in [0.05, 0.1) is 12.2 Å². The van der Waals surface area contributed by atoms with Crippen molar-refractivity contribution in [2.45, 2.75) is 38.5 Å². The van der Waals surface area contributed by atoms with Gasteiger partial charge in [0.2, 0.25) is 0 Å². The van der Waals surface area contributed by atoms with E-state index in [9.17, 15) is 4.79 Å². The Balaban J connectivity index is 2.61. The van der Waals surface area contributed by atoms with Gasteiger partial charge in [0.1, 0.15) is 6.04 Å². The van der Waals surface area contributed by atoms with E-state index in [0.29, 0.717) is 26.1 Å². The van der Waals surface area contributed by atoms with Crippen molar-refractivity contribution >= 4 is 5.97 Å². The van der Waals surface area contributed by atoms with Crippen molar-refractivity contribution in [3.8, 4) is 0 Å². The maximum atomic E-state index is 11.1. The Morgan fingerprint density at radius 1 is 1.53 bits per heavy atom. The molecule has 88 valence electrons. The van der Waals surface area contributed by atoms with Gasteiger partial charge in [0.15, 0.2) is 0 Å². The third kappa shape index (κ3) is 3.44. The van der Waals surface area contributed by atoms with Crippen molar-refractivity contribution in [3.05, 3.63) is 0 Å². The van der Waals surface area contributed by atoms with Gasteiger partial charge in [-0.3, -0.25) is 9.69 Å². The van der Waals surface area contributed by atoms with Gasteiger partial charge < -0.3 is 15.6 Å². The molecule has 1 aliphatic rings. The molecule has 0 aromatic carbocycles. The highest BCUT2D eigenvalue weighted by atomic mass is 16.5. The summed E-state index contributed by atoms with van der Waals surface area (Å²) in [5.41, 5.74) is 5.42. The molecule has 0 aromatic rings. The van der Waals surface area contributed by atoms with E-state index in [1.165, 1.54) is 0 Å².